The predicted molar refractivity (Wildman–Crippen MR) is 100 cm³/mol. The van der Waals surface area contributed by atoms with Gasteiger partial charge in [-0.05, 0) is 61.2 Å². The number of hydrazine groups is 1. The van der Waals surface area contributed by atoms with Crippen molar-refractivity contribution in [3.8, 4) is 5.75 Å². The number of carbonyl (C=O) groups excluding carboxylic acids is 1. The Morgan fingerprint density at radius 1 is 1.07 bits per heavy atom. The first-order chi connectivity index (χ1) is 12.7. The van der Waals surface area contributed by atoms with Gasteiger partial charge in [0, 0.05) is 0 Å². The smallest absolute Gasteiger partial charge is 0.275 e. The Hall–Kier alpha value is -2.45. The van der Waals surface area contributed by atoms with E-state index in [1.54, 1.807) is 12.1 Å². The highest BCUT2D eigenvalue weighted by molar-refractivity contribution is 7.89. The molecule has 0 fully saturated rings. The third-order valence-electron chi connectivity index (χ3n) is 4.18. The number of ether oxygens (including phenoxy) is 1. The molecular formula is C19H23FN2O4S. The fourth-order valence-corrected chi connectivity index (χ4v) is 3.11. The maximum atomic E-state index is 12.9. The van der Waals surface area contributed by atoms with Gasteiger partial charge in [-0.25, -0.2) is 12.8 Å². The molecule has 8 heteroatoms. The molecule has 6 nitrogen and oxygen atoms in total. The highest BCUT2D eigenvalue weighted by Crippen LogP contribution is 2.20. The van der Waals surface area contributed by atoms with Gasteiger partial charge in [0.05, 0.1) is 4.90 Å². The number of halogens is 1. The number of amides is 1. The van der Waals surface area contributed by atoms with Crippen molar-refractivity contribution in [1.29, 1.82) is 0 Å². The van der Waals surface area contributed by atoms with Crippen LogP contribution in [0.4, 0.5) is 4.39 Å². The van der Waals surface area contributed by atoms with Gasteiger partial charge in [-0.15, -0.1) is 4.83 Å². The highest BCUT2D eigenvalue weighted by atomic mass is 32.2. The Balaban J connectivity index is 1.95. The number of carbonyl (C=O) groups is 1. The van der Waals surface area contributed by atoms with Crippen LogP contribution in [-0.4, -0.2) is 20.4 Å². The number of hydrogen-bond donors (Lipinski definition) is 2. The van der Waals surface area contributed by atoms with Gasteiger partial charge >= 0.3 is 0 Å². The quantitative estimate of drug-likeness (QED) is 0.674. The van der Waals surface area contributed by atoms with Crippen molar-refractivity contribution >= 4 is 15.9 Å². The standard InChI is InChI=1S/C19H23FN2O4S/c1-4-13(2)15-5-11-18(12-6-15)27(24,25)22-21-19(23)14(3)26-17-9-7-16(20)8-10-17/h5-14,22H,4H2,1-3H3,(H,21,23)/t13-,14-/m0/s1. The fourth-order valence-electron chi connectivity index (χ4n) is 2.26. The van der Waals surface area contributed by atoms with Crippen molar-refractivity contribution in [2.45, 2.75) is 44.1 Å². The van der Waals surface area contributed by atoms with E-state index < -0.39 is 27.9 Å². The number of benzene rings is 2. The summed E-state index contributed by atoms with van der Waals surface area (Å²) in [5, 5.41) is 0. The average molecular weight is 394 g/mol. The van der Waals surface area contributed by atoms with E-state index in [4.69, 9.17) is 4.74 Å². The lowest BCUT2D eigenvalue weighted by atomic mass is 9.99. The summed E-state index contributed by atoms with van der Waals surface area (Å²) in [4.78, 5) is 14.1. The van der Waals surface area contributed by atoms with Crippen LogP contribution in [0.1, 0.15) is 38.7 Å². The van der Waals surface area contributed by atoms with E-state index in [1.807, 2.05) is 4.83 Å². The van der Waals surface area contributed by atoms with Gasteiger partial charge in [0.1, 0.15) is 11.6 Å². The zero-order chi connectivity index (χ0) is 20.0. The zero-order valence-electron chi connectivity index (χ0n) is 15.4. The van der Waals surface area contributed by atoms with Crippen LogP contribution in [0.25, 0.3) is 0 Å². The van der Waals surface area contributed by atoms with Crippen LogP contribution in [0, 0.1) is 5.82 Å². The fraction of sp³-hybridized carbons (Fsp3) is 0.316. The summed E-state index contributed by atoms with van der Waals surface area (Å²) in [5.41, 5.74) is 3.17. The van der Waals surface area contributed by atoms with Crippen LogP contribution in [0.3, 0.4) is 0 Å². The molecule has 0 unspecified atom stereocenters. The lowest BCUT2D eigenvalue weighted by molar-refractivity contribution is -0.127. The molecule has 0 aliphatic heterocycles. The summed E-state index contributed by atoms with van der Waals surface area (Å²) in [6.45, 7) is 5.57. The van der Waals surface area contributed by atoms with Crippen molar-refractivity contribution < 1.29 is 22.3 Å². The first kappa shape index (κ1) is 20.9. The molecule has 0 heterocycles. The zero-order valence-corrected chi connectivity index (χ0v) is 16.2. The van der Waals surface area contributed by atoms with Crippen molar-refractivity contribution in [2.75, 3.05) is 0 Å². The third kappa shape index (κ3) is 5.77. The molecule has 0 aliphatic rings. The number of hydrogen-bond acceptors (Lipinski definition) is 4. The van der Waals surface area contributed by atoms with Gasteiger partial charge in [-0.2, -0.15) is 0 Å². The minimum atomic E-state index is -3.90. The monoisotopic (exact) mass is 394 g/mol. The number of nitrogens with one attached hydrogen (secondary N) is 2. The second-order valence-corrected chi connectivity index (χ2v) is 7.87. The van der Waals surface area contributed by atoms with Gasteiger partial charge in [-0.3, -0.25) is 10.2 Å². The highest BCUT2D eigenvalue weighted by Gasteiger charge is 2.19. The minimum Gasteiger partial charge on any atom is -0.481 e. The van der Waals surface area contributed by atoms with Crippen LogP contribution in [-0.2, 0) is 14.8 Å². The van der Waals surface area contributed by atoms with Crippen LogP contribution < -0.4 is 15.0 Å². The number of sulfonamides is 1. The summed E-state index contributed by atoms with van der Waals surface area (Å²) < 4.78 is 42.8. The van der Waals surface area contributed by atoms with Crippen LogP contribution in [0.5, 0.6) is 5.75 Å². The van der Waals surface area contributed by atoms with E-state index in [2.05, 4.69) is 19.3 Å². The van der Waals surface area contributed by atoms with Crippen molar-refractivity contribution in [3.05, 3.63) is 59.9 Å². The summed E-state index contributed by atoms with van der Waals surface area (Å²) >= 11 is 0. The van der Waals surface area contributed by atoms with Gasteiger partial charge in [0.2, 0.25) is 0 Å². The van der Waals surface area contributed by atoms with Gasteiger partial charge in [0.25, 0.3) is 15.9 Å². The molecule has 2 aromatic rings. The first-order valence-electron chi connectivity index (χ1n) is 8.56. The largest absolute Gasteiger partial charge is 0.481 e. The second kappa shape index (κ2) is 8.96. The Morgan fingerprint density at radius 2 is 1.67 bits per heavy atom. The van der Waals surface area contributed by atoms with Crippen molar-refractivity contribution in [3.63, 3.8) is 0 Å². The van der Waals surface area contributed by atoms with E-state index in [1.165, 1.54) is 43.3 Å². The van der Waals surface area contributed by atoms with Crippen LogP contribution in [0.2, 0.25) is 0 Å². The molecule has 2 N–H and O–H groups in total. The van der Waals surface area contributed by atoms with Crippen LogP contribution in [0.15, 0.2) is 53.4 Å². The summed E-state index contributed by atoms with van der Waals surface area (Å²) in [5.74, 6) is -0.480. The summed E-state index contributed by atoms with van der Waals surface area (Å²) in [6, 6.07) is 11.7. The van der Waals surface area contributed by atoms with E-state index in [9.17, 15) is 17.6 Å². The lowest BCUT2D eigenvalue weighted by Crippen LogP contribution is -2.47. The molecule has 0 saturated heterocycles. The van der Waals surface area contributed by atoms with Gasteiger partial charge in [-0.1, -0.05) is 26.0 Å². The lowest BCUT2D eigenvalue weighted by Gasteiger charge is -2.15. The SMILES string of the molecule is CC[C@H](C)c1ccc(S(=O)(=O)NNC(=O)[C@H](C)Oc2ccc(F)cc2)cc1. The normalized spacial score (nSPS) is 13.6. The predicted octanol–water partition coefficient (Wildman–Crippen LogP) is 3.12. The maximum Gasteiger partial charge on any atom is 0.275 e. The molecular weight excluding hydrogens is 371 g/mol. The summed E-state index contributed by atoms with van der Waals surface area (Å²) in [6.07, 6.45) is -0.0299. The molecule has 2 aromatic carbocycles. The van der Waals surface area contributed by atoms with Crippen molar-refractivity contribution in [2.24, 2.45) is 0 Å². The molecule has 0 saturated carbocycles. The van der Waals surface area contributed by atoms with E-state index in [-0.39, 0.29) is 4.90 Å². The molecule has 0 bridgehead atoms. The minimum absolute atomic E-state index is 0.0435. The molecule has 0 spiro atoms. The topological polar surface area (TPSA) is 84.5 Å². The molecule has 0 aliphatic carbocycles. The maximum absolute atomic E-state index is 12.9. The molecule has 0 aromatic heterocycles. The first-order valence-corrected chi connectivity index (χ1v) is 10.0. The Labute approximate surface area is 158 Å². The second-order valence-electron chi connectivity index (χ2n) is 6.19. The molecule has 1 amide bonds. The average Bonchev–Trinajstić information content (AvgIpc) is 2.67. The van der Waals surface area contributed by atoms with Gasteiger partial charge < -0.3 is 4.74 Å². The Morgan fingerprint density at radius 3 is 2.22 bits per heavy atom. The van der Waals surface area contributed by atoms with Gasteiger partial charge in [0.15, 0.2) is 6.10 Å². The third-order valence-corrected chi connectivity index (χ3v) is 5.44. The molecule has 146 valence electrons. The molecule has 2 atom stereocenters. The Kier molecular flexibility index (Phi) is 6.92. The van der Waals surface area contributed by atoms with E-state index in [0.717, 1.165) is 12.0 Å². The van der Waals surface area contributed by atoms with Crippen LogP contribution >= 0.6 is 0 Å². The van der Waals surface area contributed by atoms with E-state index >= 15 is 0 Å². The summed E-state index contributed by atoms with van der Waals surface area (Å²) in [7, 11) is -3.90. The van der Waals surface area contributed by atoms with Crippen molar-refractivity contribution in [1.82, 2.24) is 10.3 Å². The van der Waals surface area contributed by atoms with E-state index in [0.29, 0.717) is 11.7 Å². The molecule has 27 heavy (non-hydrogen) atoms. The molecule has 2 rings (SSSR count). The molecule has 0 radical (unpaired) electrons. The Bertz CT molecular complexity index is 868. The number of rotatable bonds is 8.